The van der Waals surface area contributed by atoms with Crippen molar-refractivity contribution in [1.82, 2.24) is 4.90 Å². The van der Waals surface area contributed by atoms with Gasteiger partial charge in [0.15, 0.2) is 0 Å². The molecule has 0 aromatic carbocycles. The summed E-state index contributed by atoms with van der Waals surface area (Å²) >= 11 is 0. The maximum absolute atomic E-state index is 12.5. The van der Waals surface area contributed by atoms with Crippen molar-refractivity contribution in [2.45, 2.75) is 45.1 Å². The smallest absolute Gasteiger partial charge is 0.225 e. The molecule has 1 saturated carbocycles. The minimum absolute atomic E-state index is 0.192. The number of carbonyl (C=O) groups excluding carboxylic acids is 1. The lowest BCUT2D eigenvalue weighted by Crippen LogP contribution is -2.52. The Bertz CT molecular complexity index is 296. The largest absolute Gasteiger partial charge is 0.372 e. The van der Waals surface area contributed by atoms with E-state index >= 15 is 0 Å². The van der Waals surface area contributed by atoms with Crippen LogP contribution in [0.5, 0.6) is 0 Å². The third-order valence-electron chi connectivity index (χ3n) is 4.27. The molecule has 0 radical (unpaired) electrons. The summed E-state index contributed by atoms with van der Waals surface area (Å²) in [5, 5.41) is 0. The van der Waals surface area contributed by atoms with Gasteiger partial charge in [0.25, 0.3) is 0 Å². The first kappa shape index (κ1) is 13.8. The van der Waals surface area contributed by atoms with Crippen LogP contribution in [0.25, 0.3) is 0 Å². The highest BCUT2D eigenvalue weighted by Crippen LogP contribution is 2.30. The Balaban J connectivity index is 1.88. The van der Waals surface area contributed by atoms with E-state index in [2.05, 4.69) is 13.8 Å². The molecule has 0 spiro atoms. The summed E-state index contributed by atoms with van der Waals surface area (Å²) in [6.45, 7) is 7.01. The highest BCUT2D eigenvalue weighted by Gasteiger charge is 2.34. The van der Waals surface area contributed by atoms with E-state index in [1.807, 2.05) is 4.90 Å². The fourth-order valence-electron chi connectivity index (χ4n) is 3.11. The number of amides is 1. The van der Waals surface area contributed by atoms with E-state index in [4.69, 9.17) is 10.5 Å². The lowest BCUT2D eigenvalue weighted by molar-refractivity contribution is -0.151. The number of carbonyl (C=O) groups is 1. The molecule has 1 amide bonds. The molecule has 2 fully saturated rings. The molecule has 1 aliphatic carbocycles. The van der Waals surface area contributed by atoms with E-state index in [1.54, 1.807) is 0 Å². The Labute approximate surface area is 110 Å². The molecule has 0 unspecified atom stereocenters. The zero-order valence-electron chi connectivity index (χ0n) is 11.7. The molecule has 104 valence electrons. The van der Waals surface area contributed by atoms with Crippen LogP contribution in [0.15, 0.2) is 0 Å². The van der Waals surface area contributed by atoms with Gasteiger partial charge in [-0.15, -0.1) is 0 Å². The van der Waals surface area contributed by atoms with Gasteiger partial charge in [-0.25, -0.2) is 0 Å². The van der Waals surface area contributed by atoms with E-state index in [0.717, 1.165) is 45.3 Å². The van der Waals surface area contributed by atoms with E-state index in [0.29, 0.717) is 18.4 Å². The standard InChI is InChI=1S/C14H26N2O2/c1-14(2)10-16(7-8-18-14)13(17)12-5-3-11(9-15)4-6-12/h11-12H,3-10,15H2,1-2H3. The topological polar surface area (TPSA) is 55.6 Å². The maximum atomic E-state index is 12.5. The van der Waals surface area contributed by atoms with Gasteiger partial charge in [0, 0.05) is 19.0 Å². The second-order valence-electron chi connectivity index (χ2n) is 6.32. The molecule has 2 N–H and O–H groups in total. The summed E-state index contributed by atoms with van der Waals surface area (Å²) in [6.07, 6.45) is 4.25. The summed E-state index contributed by atoms with van der Waals surface area (Å²) in [6, 6.07) is 0. The van der Waals surface area contributed by atoms with E-state index in [1.165, 1.54) is 0 Å². The molecule has 2 rings (SSSR count). The molecule has 2 aliphatic rings. The fraction of sp³-hybridized carbons (Fsp3) is 0.929. The third kappa shape index (κ3) is 3.23. The number of hydrogen-bond acceptors (Lipinski definition) is 3. The minimum Gasteiger partial charge on any atom is -0.372 e. The van der Waals surface area contributed by atoms with Crippen LogP contribution in [0.4, 0.5) is 0 Å². The lowest BCUT2D eigenvalue weighted by Gasteiger charge is -2.40. The minimum atomic E-state index is -0.192. The number of nitrogens with zero attached hydrogens (tertiary/aromatic N) is 1. The quantitative estimate of drug-likeness (QED) is 0.810. The van der Waals surface area contributed by atoms with Gasteiger partial charge in [0.05, 0.1) is 12.2 Å². The normalized spacial score (nSPS) is 32.3. The van der Waals surface area contributed by atoms with Gasteiger partial charge in [0.1, 0.15) is 0 Å². The predicted octanol–water partition coefficient (Wildman–Crippen LogP) is 1.39. The van der Waals surface area contributed by atoms with Crippen molar-refractivity contribution in [2.75, 3.05) is 26.2 Å². The summed E-state index contributed by atoms with van der Waals surface area (Å²) in [4.78, 5) is 14.5. The summed E-state index contributed by atoms with van der Waals surface area (Å²) in [5.74, 6) is 1.19. The van der Waals surface area contributed by atoms with Crippen molar-refractivity contribution in [3.63, 3.8) is 0 Å². The lowest BCUT2D eigenvalue weighted by atomic mass is 9.81. The van der Waals surface area contributed by atoms with Crippen LogP contribution >= 0.6 is 0 Å². The first-order valence-electron chi connectivity index (χ1n) is 7.14. The molecule has 1 heterocycles. The summed E-state index contributed by atoms with van der Waals surface area (Å²) < 4.78 is 5.66. The number of rotatable bonds is 2. The first-order chi connectivity index (χ1) is 8.52. The van der Waals surface area contributed by atoms with Gasteiger partial charge in [-0.05, 0) is 52.0 Å². The molecule has 0 atom stereocenters. The van der Waals surface area contributed by atoms with Gasteiger partial charge in [-0.1, -0.05) is 0 Å². The van der Waals surface area contributed by atoms with Crippen LogP contribution in [0, 0.1) is 11.8 Å². The van der Waals surface area contributed by atoms with Crippen LogP contribution < -0.4 is 5.73 Å². The zero-order chi connectivity index (χ0) is 13.2. The molecule has 0 aromatic heterocycles. The van der Waals surface area contributed by atoms with Crippen molar-refractivity contribution in [3.05, 3.63) is 0 Å². The van der Waals surface area contributed by atoms with Crippen molar-refractivity contribution in [3.8, 4) is 0 Å². The SMILES string of the molecule is CC1(C)CN(C(=O)C2CCC(CN)CC2)CCO1. The fourth-order valence-corrected chi connectivity index (χ4v) is 3.11. The molecular weight excluding hydrogens is 228 g/mol. The van der Waals surface area contributed by atoms with Crippen molar-refractivity contribution < 1.29 is 9.53 Å². The van der Waals surface area contributed by atoms with Crippen LogP contribution in [-0.2, 0) is 9.53 Å². The predicted molar refractivity (Wildman–Crippen MR) is 71.1 cm³/mol. The third-order valence-corrected chi connectivity index (χ3v) is 4.27. The Morgan fingerprint density at radius 1 is 1.33 bits per heavy atom. The number of ether oxygens (including phenoxy) is 1. The maximum Gasteiger partial charge on any atom is 0.225 e. The van der Waals surface area contributed by atoms with E-state index in [9.17, 15) is 4.79 Å². The number of morpholine rings is 1. The van der Waals surface area contributed by atoms with Gasteiger partial charge in [0.2, 0.25) is 5.91 Å². The Morgan fingerprint density at radius 2 is 2.00 bits per heavy atom. The highest BCUT2D eigenvalue weighted by molar-refractivity contribution is 5.79. The Kier molecular flexibility index (Phi) is 4.28. The van der Waals surface area contributed by atoms with Crippen LogP contribution in [0.1, 0.15) is 39.5 Å². The Morgan fingerprint density at radius 3 is 2.56 bits per heavy atom. The van der Waals surface area contributed by atoms with Gasteiger partial charge in [-0.2, -0.15) is 0 Å². The molecule has 0 bridgehead atoms. The molecule has 4 nitrogen and oxygen atoms in total. The summed E-state index contributed by atoms with van der Waals surface area (Å²) in [5.41, 5.74) is 5.50. The molecular formula is C14H26N2O2. The van der Waals surface area contributed by atoms with E-state index < -0.39 is 0 Å². The van der Waals surface area contributed by atoms with Crippen LogP contribution in [-0.4, -0.2) is 42.6 Å². The van der Waals surface area contributed by atoms with Gasteiger partial charge >= 0.3 is 0 Å². The molecule has 18 heavy (non-hydrogen) atoms. The van der Waals surface area contributed by atoms with Crippen LogP contribution in [0.2, 0.25) is 0 Å². The highest BCUT2D eigenvalue weighted by atomic mass is 16.5. The Hall–Kier alpha value is -0.610. The van der Waals surface area contributed by atoms with Gasteiger partial charge in [-0.3, -0.25) is 4.79 Å². The molecule has 4 heteroatoms. The zero-order valence-corrected chi connectivity index (χ0v) is 11.7. The number of nitrogens with two attached hydrogens (primary N) is 1. The van der Waals surface area contributed by atoms with Crippen molar-refractivity contribution in [1.29, 1.82) is 0 Å². The van der Waals surface area contributed by atoms with Crippen LogP contribution in [0.3, 0.4) is 0 Å². The second-order valence-corrected chi connectivity index (χ2v) is 6.32. The molecule has 1 saturated heterocycles. The van der Waals surface area contributed by atoms with Crippen molar-refractivity contribution in [2.24, 2.45) is 17.6 Å². The average molecular weight is 254 g/mol. The van der Waals surface area contributed by atoms with E-state index in [-0.39, 0.29) is 11.5 Å². The average Bonchev–Trinajstić information content (AvgIpc) is 2.37. The first-order valence-corrected chi connectivity index (χ1v) is 7.14. The second kappa shape index (κ2) is 5.57. The summed E-state index contributed by atoms with van der Waals surface area (Å²) in [7, 11) is 0. The van der Waals surface area contributed by atoms with Crippen molar-refractivity contribution >= 4 is 5.91 Å². The molecule has 0 aromatic rings. The molecule has 1 aliphatic heterocycles. The number of hydrogen-bond donors (Lipinski definition) is 1. The monoisotopic (exact) mass is 254 g/mol. The van der Waals surface area contributed by atoms with Gasteiger partial charge < -0.3 is 15.4 Å².